The summed E-state index contributed by atoms with van der Waals surface area (Å²) in [6, 6.07) is 9.98. The van der Waals surface area contributed by atoms with Gasteiger partial charge in [-0.1, -0.05) is 30.0 Å². The quantitative estimate of drug-likeness (QED) is 0.729. The Kier molecular flexibility index (Phi) is 4.57. The number of thioether (sulfide) groups is 1. The first kappa shape index (κ1) is 15.5. The Bertz CT molecular complexity index is 830. The largest absolute Gasteiger partial charge is 0.324 e. The average molecular weight is 327 g/mol. The zero-order valence-corrected chi connectivity index (χ0v) is 13.7. The lowest BCUT2D eigenvalue weighted by atomic mass is 10.2. The summed E-state index contributed by atoms with van der Waals surface area (Å²) in [5.74, 6) is 0.184. The predicted octanol–water partition coefficient (Wildman–Crippen LogP) is 3.14. The van der Waals surface area contributed by atoms with Gasteiger partial charge < -0.3 is 9.88 Å². The number of carbonyl (C=O) groups excluding carboxylic acids is 1. The summed E-state index contributed by atoms with van der Waals surface area (Å²) >= 11 is 1.37. The number of nitrogens with one attached hydrogen (secondary N) is 1. The van der Waals surface area contributed by atoms with E-state index < -0.39 is 0 Å². The Labute approximate surface area is 138 Å². The summed E-state index contributed by atoms with van der Waals surface area (Å²) in [5.41, 5.74) is 1.60. The van der Waals surface area contributed by atoms with Crippen LogP contribution in [0.25, 0.3) is 10.9 Å². The molecule has 118 valence electrons. The van der Waals surface area contributed by atoms with Gasteiger partial charge in [-0.15, -0.1) is 10.2 Å². The highest BCUT2D eigenvalue weighted by molar-refractivity contribution is 7.99. The molecule has 1 amide bonds. The van der Waals surface area contributed by atoms with E-state index in [1.165, 1.54) is 11.8 Å². The van der Waals surface area contributed by atoms with Gasteiger partial charge in [0.25, 0.3) is 0 Å². The second kappa shape index (κ2) is 6.78. The molecular weight excluding hydrogens is 310 g/mol. The van der Waals surface area contributed by atoms with Crippen LogP contribution in [0, 0.1) is 0 Å². The molecule has 0 spiro atoms. The fraction of sp³-hybridized carbons (Fsp3) is 0.250. The number of para-hydroxylation sites is 1. The molecule has 23 heavy (non-hydrogen) atoms. The number of aromatic nitrogens is 4. The van der Waals surface area contributed by atoms with Crippen molar-refractivity contribution in [3.8, 4) is 0 Å². The van der Waals surface area contributed by atoms with Crippen molar-refractivity contribution in [1.29, 1.82) is 0 Å². The fourth-order valence-corrected chi connectivity index (χ4v) is 3.00. The molecular formula is C16H17N5OS. The molecule has 2 aromatic heterocycles. The maximum Gasteiger partial charge on any atom is 0.234 e. The van der Waals surface area contributed by atoms with Gasteiger partial charge in [0, 0.05) is 11.4 Å². The summed E-state index contributed by atoms with van der Waals surface area (Å²) in [6.07, 6.45) is 3.35. The van der Waals surface area contributed by atoms with Gasteiger partial charge in [-0.05, 0) is 26.0 Å². The third kappa shape index (κ3) is 3.68. The molecule has 0 bridgehead atoms. The molecule has 2 heterocycles. The van der Waals surface area contributed by atoms with E-state index in [9.17, 15) is 4.79 Å². The monoisotopic (exact) mass is 327 g/mol. The van der Waals surface area contributed by atoms with Crippen LogP contribution in [0.2, 0.25) is 0 Å². The van der Waals surface area contributed by atoms with Gasteiger partial charge in [-0.25, -0.2) is 0 Å². The van der Waals surface area contributed by atoms with Crippen molar-refractivity contribution >= 4 is 34.3 Å². The van der Waals surface area contributed by atoms with Gasteiger partial charge in [0.1, 0.15) is 6.33 Å². The molecule has 0 fully saturated rings. The van der Waals surface area contributed by atoms with Crippen LogP contribution in [0.15, 0.2) is 48.0 Å². The number of hydrogen-bond acceptors (Lipinski definition) is 5. The minimum absolute atomic E-state index is 0.0922. The predicted molar refractivity (Wildman–Crippen MR) is 91.5 cm³/mol. The maximum absolute atomic E-state index is 12.1. The van der Waals surface area contributed by atoms with Crippen molar-refractivity contribution in [2.75, 3.05) is 11.1 Å². The van der Waals surface area contributed by atoms with Crippen LogP contribution in [0.3, 0.4) is 0 Å². The van der Waals surface area contributed by atoms with Crippen LogP contribution in [-0.2, 0) is 4.79 Å². The summed E-state index contributed by atoms with van der Waals surface area (Å²) in [6.45, 7) is 4.10. The highest BCUT2D eigenvalue weighted by atomic mass is 32.2. The second-order valence-electron chi connectivity index (χ2n) is 5.37. The molecule has 1 N–H and O–H groups in total. The topological polar surface area (TPSA) is 72.7 Å². The molecule has 0 aliphatic carbocycles. The lowest BCUT2D eigenvalue weighted by Crippen LogP contribution is -2.15. The van der Waals surface area contributed by atoms with Gasteiger partial charge in [0.05, 0.1) is 23.2 Å². The average Bonchev–Trinajstić information content (AvgIpc) is 3.01. The number of fused-ring (bicyclic) bond motifs is 1. The molecule has 0 aliphatic rings. The molecule has 1 aromatic carbocycles. The number of hydrogen-bond donors (Lipinski definition) is 1. The van der Waals surface area contributed by atoms with Gasteiger partial charge in [-0.2, -0.15) is 0 Å². The van der Waals surface area contributed by atoms with E-state index in [1.807, 2.05) is 48.7 Å². The van der Waals surface area contributed by atoms with Gasteiger partial charge >= 0.3 is 0 Å². The Morgan fingerprint density at radius 2 is 2.17 bits per heavy atom. The molecule has 7 heteroatoms. The normalized spacial score (nSPS) is 11.1. The Balaban J connectivity index is 1.63. The molecule has 0 saturated heterocycles. The van der Waals surface area contributed by atoms with Crippen LogP contribution in [0.5, 0.6) is 0 Å². The first-order valence-corrected chi connectivity index (χ1v) is 8.29. The van der Waals surface area contributed by atoms with E-state index in [0.29, 0.717) is 5.69 Å². The van der Waals surface area contributed by atoms with Crippen molar-refractivity contribution in [3.63, 3.8) is 0 Å². The van der Waals surface area contributed by atoms with Crippen LogP contribution in [0.1, 0.15) is 19.9 Å². The minimum Gasteiger partial charge on any atom is -0.324 e. The second-order valence-corrected chi connectivity index (χ2v) is 6.31. The van der Waals surface area contributed by atoms with Crippen molar-refractivity contribution in [3.05, 3.63) is 42.9 Å². The molecule has 0 unspecified atom stereocenters. The summed E-state index contributed by atoms with van der Waals surface area (Å²) in [4.78, 5) is 16.4. The van der Waals surface area contributed by atoms with Crippen LogP contribution >= 0.6 is 11.8 Å². The zero-order chi connectivity index (χ0) is 16.2. The van der Waals surface area contributed by atoms with E-state index >= 15 is 0 Å². The van der Waals surface area contributed by atoms with Crippen LogP contribution in [0.4, 0.5) is 5.69 Å². The lowest BCUT2D eigenvalue weighted by molar-refractivity contribution is -0.113. The van der Waals surface area contributed by atoms with Gasteiger partial charge in [0.15, 0.2) is 5.16 Å². The maximum atomic E-state index is 12.1. The number of anilines is 1. The number of rotatable bonds is 5. The lowest BCUT2D eigenvalue weighted by Gasteiger charge is -2.09. The zero-order valence-electron chi connectivity index (χ0n) is 12.9. The van der Waals surface area contributed by atoms with Gasteiger partial charge in [-0.3, -0.25) is 9.78 Å². The number of carbonyl (C=O) groups is 1. The van der Waals surface area contributed by atoms with Gasteiger partial charge in [0.2, 0.25) is 5.91 Å². The number of pyridine rings is 1. The van der Waals surface area contributed by atoms with E-state index in [2.05, 4.69) is 20.5 Å². The molecule has 3 aromatic rings. The van der Waals surface area contributed by atoms with Crippen molar-refractivity contribution in [2.45, 2.75) is 25.0 Å². The molecule has 0 aliphatic heterocycles. The first-order chi connectivity index (χ1) is 11.1. The standard InChI is InChI=1S/C16H17N5OS/c1-11(2)21-10-18-20-16(21)23-9-15(22)19-13-7-12-5-3-4-6-14(12)17-8-13/h3-8,10-11H,9H2,1-2H3,(H,19,22). The summed E-state index contributed by atoms with van der Waals surface area (Å²) in [5, 5.41) is 12.5. The highest BCUT2D eigenvalue weighted by Gasteiger charge is 2.11. The Morgan fingerprint density at radius 3 is 3.00 bits per heavy atom. The smallest absolute Gasteiger partial charge is 0.234 e. The van der Waals surface area contributed by atoms with Crippen molar-refractivity contribution in [2.24, 2.45) is 0 Å². The SMILES string of the molecule is CC(C)n1cnnc1SCC(=O)Nc1cnc2ccccc2c1. The molecule has 0 radical (unpaired) electrons. The number of benzene rings is 1. The summed E-state index contributed by atoms with van der Waals surface area (Å²) < 4.78 is 1.94. The molecule has 3 rings (SSSR count). The fourth-order valence-electron chi connectivity index (χ4n) is 2.16. The molecule has 0 saturated carbocycles. The third-order valence-corrected chi connectivity index (χ3v) is 4.26. The minimum atomic E-state index is -0.0922. The van der Waals surface area contributed by atoms with Crippen molar-refractivity contribution in [1.82, 2.24) is 19.7 Å². The van der Waals surface area contributed by atoms with E-state index in [-0.39, 0.29) is 17.7 Å². The Hall–Kier alpha value is -2.41. The first-order valence-electron chi connectivity index (χ1n) is 7.30. The van der Waals surface area contributed by atoms with Crippen LogP contribution < -0.4 is 5.32 Å². The number of nitrogens with zero attached hydrogens (tertiary/aromatic N) is 4. The van der Waals surface area contributed by atoms with Crippen LogP contribution in [-0.4, -0.2) is 31.4 Å². The summed E-state index contributed by atoms with van der Waals surface area (Å²) in [7, 11) is 0. The van der Waals surface area contributed by atoms with E-state index in [4.69, 9.17) is 0 Å². The van der Waals surface area contributed by atoms with Crippen molar-refractivity contribution < 1.29 is 4.79 Å². The van der Waals surface area contributed by atoms with E-state index in [0.717, 1.165) is 16.1 Å². The van der Waals surface area contributed by atoms with E-state index in [1.54, 1.807) is 12.5 Å². The molecule has 6 nitrogen and oxygen atoms in total. The Morgan fingerprint density at radius 1 is 1.35 bits per heavy atom. The molecule has 0 atom stereocenters. The third-order valence-electron chi connectivity index (χ3n) is 3.30. The highest BCUT2D eigenvalue weighted by Crippen LogP contribution is 2.20. The number of amides is 1.